The fourth-order valence-corrected chi connectivity index (χ4v) is 2.29. The number of hydrogen-bond donors (Lipinski definition) is 2. The van der Waals surface area contributed by atoms with Gasteiger partial charge in [-0.3, -0.25) is 0 Å². The molecule has 4 nitrogen and oxygen atoms in total. The molecular weight excluding hydrogens is 140 g/mol. The van der Waals surface area contributed by atoms with Gasteiger partial charge in [0.05, 0.1) is 5.75 Å². The van der Waals surface area contributed by atoms with E-state index in [0.29, 0.717) is 0 Å². The number of sulfonamides is 1. The van der Waals surface area contributed by atoms with Gasteiger partial charge in [0.25, 0.3) is 0 Å². The van der Waals surface area contributed by atoms with E-state index in [4.69, 9.17) is 0 Å². The van der Waals surface area contributed by atoms with Crippen molar-refractivity contribution in [3.05, 3.63) is 0 Å². The Kier molecular flexibility index (Phi) is 1.30. The van der Waals surface area contributed by atoms with E-state index in [-0.39, 0.29) is 11.3 Å². The van der Waals surface area contributed by atoms with Gasteiger partial charge < -0.3 is 0 Å². The second-order valence-electron chi connectivity index (χ2n) is 2.87. The molecule has 54 valence electrons. The molecule has 0 aromatic carbocycles. The summed E-state index contributed by atoms with van der Waals surface area (Å²) in [6, 6.07) is 0. The predicted molar refractivity (Wildman–Crippen MR) is 34.1 cm³/mol. The molecular formula is C4H10N2O2S. The highest BCUT2D eigenvalue weighted by molar-refractivity contribution is 7.89. The van der Waals surface area contributed by atoms with Crippen molar-refractivity contribution in [1.82, 2.24) is 10.3 Å². The topological polar surface area (TPSA) is 58.2 Å². The zero-order valence-corrected chi connectivity index (χ0v) is 6.25. The fourth-order valence-electron chi connectivity index (χ4n) is 0.763. The van der Waals surface area contributed by atoms with Crippen LogP contribution in [0.5, 0.6) is 0 Å². The number of hydrogen-bond acceptors (Lipinski definition) is 3. The Balaban J connectivity index is 2.81. The van der Waals surface area contributed by atoms with Crippen molar-refractivity contribution in [2.24, 2.45) is 0 Å². The smallest absolute Gasteiger partial charge is 0.226 e. The molecule has 1 saturated heterocycles. The van der Waals surface area contributed by atoms with Crippen molar-refractivity contribution >= 4 is 10.0 Å². The fraction of sp³-hybridized carbons (Fsp3) is 1.00. The standard InChI is InChI=1S/C4H10N2O2S/c1-4(2)3-9(7,8)6-5-4/h5-6H,3H2,1-2H3. The van der Waals surface area contributed by atoms with Crippen LogP contribution >= 0.6 is 0 Å². The molecule has 1 fully saturated rings. The highest BCUT2D eigenvalue weighted by Crippen LogP contribution is 2.09. The molecule has 0 aromatic rings. The van der Waals surface area contributed by atoms with Gasteiger partial charge in [-0.1, -0.05) is 0 Å². The summed E-state index contributed by atoms with van der Waals surface area (Å²) >= 11 is 0. The summed E-state index contributed by atoms with van der Waals surface area (Å²) in [6.07, 6.45) is 0. The molecule has 0 spiro atoms. The average Bonchev–Trinajstić information content (AvgIpc) is 1.78. The molecule has 0 saturated carbocycles. The zero-order valence-electron chi connectivity index (χ0n) is 5.43. The van der Waals surface area contributed by atoms with Crippen molar-refractivity contribution in [2.45, 2.75) is 19.4 Å². The Morgan fingerprint density at radius 2 is 2.00 bits per heavy atom. The van der Waals surface area contributed by atoms with Gasteiger partial charge in [0, 0.05) is 5.54 Å². The van der Waals surface area contributed by atoms with Crippen molar-refractivity contribution in [2.75, 3.05) is 5.75 Å². The first-order valence-electron chi connectivity index (χ1n) is 2.68. The molecule has 1 rings (SSSR count). The van der Waals surface area contributed by atoms with Crippen LogP contribution in [-0.2, 0) is 10.0 Å². The maximum absolute atomic E-state index is 10.7. The molecule has 0 unspecified atom stereocenters. The summed E-state index contributed by atoms with van der Waals surface area (Å²) in [4.78, 5) is 2.21. The SMILES string of the molecule is CC1(C)CS(=O)(=O)NN1. The lowest BCUT2D eigenvalue weighted by atomic mass is 10.1. The van der Waals surface area contributed by atoms with Gasteiger partial charge in [0.15, 0.2) is 0 Å². The first kappa shape index (κ1) is 6.98. The van der Waals surface area contributed by atoms with E-state index < -0.39 is 10.0 Å². The Labute approximate surface area is 54.7 Å². The molecule has 5 heteroatoms. The summed E-state index contributed by atoms with van der Waals surface area (Å²) in [5, 5.41) is 0. The summed E-state index contributed by atoms with van der Waals surface area (Å²) in [6.45, 7) is 3.65. The van der Waals surface area contributed by atoms with Gasteiger partial charge >= 0.3 is 0 Å². The minimum atomic E-state index is -3.02. The van der Waals surface area contributed by atoms with Gasteiger partial charge in [0.2, 0.25) is 10.0 Å². The summed E-state index contributed by atoms with van der Waals surface area (Å²) in [7, 11) is -3.02. The van der Waals surface area contributed by atoms with Crippen LogP contribution in [-0.4, -0.2) is 19.7 Å². The Morgan fingerprint density at radius 1 is 1.44 bits per heavy atom. The summed E-state index contributed by atoms with van der Waals surface area (Å²) < 4.78 is 21.3. The van der Waals surface area contributed by atoms with Gasteiger partial charge in [-0.25, -0.2) is 13.8 Å². The van der Waals surface area contributed by atoms with E-state index in [2.05, 4.69) is 10.3 Å². The highest BCUT2D eigenvalue weighted by Gasteiger charge is 2.33. The van der Waals surface area contributed by atoms with Crippen LogP contribution in [0.2, 0.25) is 0 Å². The number of nitrogens with one attached hydrogen (secondary N) is 2. The van der Waals surface area contributed by atoms with E-state index in [1.54, 1.807) is 0 Å². The van der Waals surface area contributed by atoms with Crippen LogP contribution in [0.25, 0.3) is 0 Å². The minimum Gasteiger partial charge on any atom is -0.237 e. The highest BCUT2D eigenvalue weighted by atomic mass is 32.2. The Bertz CT molecular complexity index is 207. The molecule has 2 N–H and O–H groups in total. The van der Waals surface area contributed by atoms with Crippen molar-refractivity contribution in [1.29, 1.82) is 0 Å². The first-order chi connectivity index (χ1) is 3.91. The van der Waals surface area contributed by atoms with Crippen LogP contribution < -0.4 is 10.3 Å². The molecule has 1 aliphatic rings. The molecule has 1 heterocycles. The van der Waals surface area contributed by atoms with E-state index >= 15 is 0 Å². The van der Waals surface area contributed by atoms with Crippen LogP contribution in [0.3, 0.4) is 0 Å². The second-order valence-corrected chi connectivity index (χ2v) is 4.59. The van der Waals surface area contributed by atoms with E-state index in [9.17, 15) is 8.42 Å². The first-order valence-corrected chi connectivity index (χ1v) is 4.33. The zero-order chi connectivity index (χ0) is 7.12. The van der Waals surface area contributed by atoms with E-state index in [1.165, 1.54) is 0 Å². The van der Waals surface area contributed by atoms with Gasteiger partial charge in [-0.05, 0) is 13.8 Å². The van der Waals surface area contributed by atoms with E-state index in [1.807, 2.05) is 13.8 Å². The maximum Gasteiger partial charge on any atom is 0.226 e. The maximum atomic E-state index is 10.7. The predicted octanol–water partition coefficient (Wildman–Crippen LogP) is -0.797. The lowest BCUT2D eigenvalue weighted by Gasteiger charge is -2.12. The van der Waals surface area contributed by atoms with Crippen molar-refractivity contribution in [3.8, 4) is 0 Å². The number of rotatable bonds is 0. The molecule has 0 aliphatic carbocycles. The minimum absolute atomic E-state index is 0.153. The third-order valence-corrected chi connectivity index (χ3v) is 2.61. The van der Waals surface area contributed by atoms with Gasteiger partial charge in [0.1, 0.15) is 0 Å². The normalized spacial score (nSPS) is 30.4. The third kappa shape index (κ3) is 1.64. The molecule has 0 aromatic heterocycles. The van der Waals surface area contributed by atoms with Crippen LogP contribution in [0.15, 0.2) is 0 Å². The molecule has 0 amide bonds. The monoisotopic (exact) mass is 150 g/mol. The van der Waals surface area contributed by atoms with Crippen LogP contribution in [0.4, 0.5) is 0 Å². The number of hydrazine groups is 1. The lowest BCUT2D eigenvalue weighted by molar-refractivity contribution is 0.449. The summed E-state index contributed by atoms with van der Waals surface area (Å²) in [5.74, 6) is 0.153. The van der Waals surface area contributed by atoms with Crippen LogP contribution in [0, 0.1) is 0 Å². The molecule has 0 radical (unpaired) electrons. The molecule has 0 bridgehead atoms. The van der Waals surface area contributed by atoms with Crippen LogP contribution in [0.1, 0.15) is 13.8 Å². The Morgan fingerprint density at radius 3 is 2.11 bits per heavy atom. The molecule has 9 heavy (non-hydrogen) atoms. The largest absolute Gasteiger partial charge is 0.237 e. The second kappa shape index (κ2) is 1.68. The van der Waals surface area contributed by atoms with Gasteiger partial charge in [-0.2, -0.15) is 4.83 Å². The third-order valence-electron chi connectivity index (χ3n) is 1.10. The van der Waals surface area contributed by atoms with Crippen molar-refractivity contribution in [3.63, 3.8) is 0 Å². The quantitative estimate of drug-likeness (QED) is 0.475. The molecule has 0 atom stereocenters. The lowest BCUT2D eigenvalue weighted by Crippen LogP contribution is -2.39. The van der Waals surface area contributed by atoms with E-state index in [0.717, 1.165) is 0 Å². The Hall–Kier alpha value is -0.130. The molecule has 1 aliphatic heterocycles. The summed E-state index contributed by atoms with van der Waals surface area (Å²) in [5.41, 5.74) is 2.33. The van der Waals surface area contributed by atoms with Gasteiger partial charge in [-0.15, -0.1) is 0 Å². The van der Waals surface area contributed by atoms with Crippen molar-refractivity contribution < 1.29 is 8.42 Å². The average molecular weight is 150 g/mol.